The van der Waals surface area contributed by atoms with Gasteiger partial charge in [-0.3, -0.25) is 43.3 Å². The molecule has 370 valence electrons. The molecular weight excluding hydrogens is 912 g/mol. The Hall–Kier alpha value is -6.08. The quantitative estimate of drug-likeness (QED) is 0.0306. The predicted molar refractivity (Wildman–Crippen MR) is 255 cm³/mol. The number of hydrogen-bond donors (Lipinski definition) is 4. The zero-order valence-electron chi connectivity index (χ0n) is 39.8. The largest absolute Gasteiger partial charge is 0.458 e. The van der Waals surface area contributed by atoms with Crippen LogP contribution in [-0.2, 0) is 68.4 Å². The number of nitrogens with zero attached hydrogens (tertiary/aromatic N) is 3. The number of ketones is 2. The van der Waals surface area contributed by atoms with E-state index in [4.69, 9.17) is 9.72 Å². The molecular formula is C50H61FN6O11S. The number of rotatable bonds is 25. The van der Waals surface area contributed by atoms with Gasteiger partial charge in [0.2, 0.25) is 17.7 Å². The third-order valence-corrected chi connectivity index (χ3v) is 14.0. The molecule has 5 amide bonds. The summed E-state index contributed by atoms with van der Waals surface area (Å²) in [5, 5.41) is 20.4. The van der Waals surface area contributed by atoms with Crippen molar-refractivity contribution in [3.05, 3.63) is 74.3 Å². The Bertz CT molecular complexity index is 2630. The van der Waals surface area contributed by atoms with E-state index in [1.54, 1.807) is 46.8 Å². The molecule has 0 saturated heterocycles. The minimum absolute atomic E-state index is 0.0102. The number of halogens is 1. The van der Waals surface area contributed by atoms with Crippen LogP contribution in [0.2, 0.25) is 0 Å². The highest BCUT2D eigenvalue weighted by Crippen LogP contribution is 2.40. The summed E-state index contributed by atoms with van der Waals surface area (Å²) in [5.41, 5.74) is 0.815. The van der Waals surface area contributed by atoms with E-state index in [0.717, 1.165) is 23.5 Å². The molecule has 17 nitrogen and oxygen atoms in total. The molecule has 0 radical (unpaired) electrons. The lowest BCUT2D eigenvalue weighted by Gasteiger charge is -2.31. The van der Waals surface area contributed by atoms with E-state index < -0.39 is 46.7 Å². The van der Waals surface area contributed by atoms with Crippen LogP contribution in [0.15, 0.2) is 35.1 Å². The van der Waals surface area contributed by atoms with Gasteiger partial charge in [0.1, 0.15) is 18.2 Å². The van der Waals surface area contributed by atoms with Crippen molar-refractivity contribution in [1.29, 1.82) is 0 Å². The van der Waals surface area contributed by atoms with E-state index in [2.05, 4.69) is 16.0 Å². The van der Waals surface area contributed by atoms with Gasteiger partial charge in [-0.1, -0.05) is 33.6 Å². The van der Waals surface area contributed by atoms with Crippen LogP contribution in [0.4, 0.5) is 4.39 Å². The van der Waals surface area contributed by atoms with Crippen LogP contribution < -0.4 is 21.5 Å². The molecule has 6 rings (SSSR count). The number of benzene rings is 1. The molecule has 5 heterocycles. The van der Waals surface area contributed by atoms with E-state index in [1.807, 2.05) is 0 Å². The molecule has 3 aliphatic heterocycles. The second-order valence-corrected chi connectivity index (χ2v) is 19.3. The molecule has 2 aromatic heterocycles. The van der Waals surface area contributed by atoms with Crippen molar-refractivity contribution >= 4 is 69.7 Å². The van der Waals surface area contributed by atoms with Crippen LogP contribution in [0.1, 0.15) is 126 Å². The number of ether oxygens (including phenoxy) is 1. The molecule has 0 fully saturated rings. The van der Waals surface area contributed by atoms with Crippen LogP contribution in [0.3, 0.4) is 0 Å². The molecule has 0 aliphatic carbocycles. The number of unbranched alkanes of at least 4 members (excludes halogenated alkanes) is 4. The highest BCUT2D eigenvalue weighted by Gasteiger charge is 2.45. The van der Waals surface area contributed by atoms with Gasteiger partial charge in [0.15, 0.2) is 11.4 Å². The zero-order valence-corrected chi connectivity index (χ0v) is 40.6. The first-order chi connectivity index (χ1) is 32.8. The Morgan fingerprint density at radius 1 is 0.884 bits per heavy atom. The van der Waals surface area contributed by atoms with Crippen molar-refractivity contribution in [2.75, 3.05) is 18.2 Å². The van der Waals surface area contributed by atoms with Gasteiger partial charge in [0.25, 0.3) is 17.4 Å². The molecule has 4 atom stereocenters. The fourth-order valence-corrected chi connectivity index (χ4v) is 9.56. The number of Topliss-reactive ketones (excluding diaryl/α,β-unsaturated/α-hetero) is 2. The molecule has 3 aromatic rings. The summed E-state index contributed by atoms with van der Waals surface area (Å²) in [7, 11) is 0. The lowest BCUT2D eigenvalue weighted by atomic mass is 9.86. The molecule has 0 unspecified atom stereocenters. The molecule has 4 N–H and O–H groups in total. The minimum atomic E-state index is -2.00. The number of aromatic nitrogens is 2. The van der Waals surface area contributed by atoms with Crippen molar-refractivity contribution in [3.8, 4) is 11.4 Å². The molecule has 3 aliphatic rings. The number of hydrogen-bond acceptors (Lipinski definition) is 13. The number of amides is 5. The van der Waals surface area contributed by atoms with Crippen LogP contribution in [-0.4, -0.2) is 90.8 Å². The van der Waals surface area contributed by atoms with Gasteiger partial charge in [0.05, 0.1) is 40.9 Å². The Balaban J connectivity index is 0.874. The van der Waals surface area contributed by atoms with Crippen molar-refractivity contribution in [2.24, 2.45) is 11.8 Å². The maximum absolute atomic E-state index is 14.9. The fraction of sp³-hybridized carbons (Fsp3) is 0.520. The number of aliphatic hydroxyl groups is 1. The summed E-state index contributed by atoms with van der Waals surface area (Å²) >= 11 is 1.51. The summed E-state index contributed by atoms with van der Waals surface area (Å²) in [6.07, 6.45) is 6.88. The third-order valence-electron chi connectivity index (χ3n) is 13.1. The number of nitrogens with one attached hydrogen (secondary N) is 3. The minimum Gasteiger partial charge on any atom is -0.458 e. The highest BCUT2D eigenvalue weighted by atomic mass is 32.2. The summed E-state index contributed by atoms with van der Waals surface area (Å²) in [6, 6.07) is 3.75. The fourth-order valence-electron chi connectivity index (χ4n) is 8.77. The molecule has 0 saturated carbocycles. The number of cyclic esters (lactones) is 1. The van der Waals surface area contributed by atoms with Gasteiger partial charge < -0.3 is 30.4 Å². The number of carbonyl (C=O) groups is 8. The lowest BCUT2D eigenvalue weighted by Crippen LogP contribution is -2.44. The van der Waals surface area contributed by atoms with Gasteiger partial charge in [-0.05, 0) is 75.0 Å². The number of esters is 1. The summed E-state index contributed by atoms with van der Waals surface area (Å²) < 4.78 is 21.5. The Morgan fingerprint density at radius 3 is 2.30 bits per heavy atom. The number of imide groups is 1. The van der Waals surface area contributed by atoms with Crippen molar-refractivity contribution in [2.45, 2.75) is 137 Å². The first kappa shape index (κ1) is 52.3. The van der Waals surface area contributed by atoms with Crippen LogP contribution >= 0.6 is 11.8 Å². The summed E-state index contributed by atoms with van der Waals surface area (Å²) in [5.74, 6) is -3.49. The van der Waals surface area contributed by atoms with Crippen molar-refractivity contribution in [3.63, 3.8) is 0 Å². The number of fused-ring (bicyclic) bond motifs is 5. The normalized spacial score (nSPS) is 17.2. The SMILES string of the molecule is CC[C@@]1(O)C(=O)OCc2c1cc1n(c2=O)Cc2c-1nc1cc(F)c(C)cc1c2CNC(=O)CCCCCSCNC(=O)[C@H](C)CC(=O)[C@@H](C)NC(=O)[C@H](C)CC(=O)CCCCCN1C(=O)C=CC1=O. The van der Waals surface area contributed by atoms with Gasteiger partial charge in [-0.25, -0.2) is 14.2 Å². The first-order valence-electron chi connectivity index (χ1n) is 23.6. The molecule has 0 spiro atoms. The highest BCUT2D eigenvalue weighted by molar-refractivity contribution is 7.99. The molecule has 0 bridgehead atoms. The third kappa shape index (κ3) is 12.2. The van der Waals surface area contributed by atoms with E-state index >= 15 is 0 Å². The first-order valence-corrected chi connectivity index (χ1v) is 24.8. The second kappa shape index (κ2) is 23.0. The van der Waals surface area contributed by atoms with Crippen LogP contribution in [0.5, 0.6) is 0 Å². The number of aryl methyl sites for hydroxylation is 1. The van der Waals surface area contributed by atoms with Crippen LogP contribution in [0.25, 0.3) is 22.3 Å². The Morgan fingerprint density at radius 2 is 1.58 bits per heavy atom. The zero-order chi connectivity index (χ0) is 50.2. The number of pyridine rings is 2. The standard InChI is InChI=1S/C50H61FN6O11S/c1-6-50(67)37-22-40-45-35(25-57(40)48(65)36(37)26-68-49(50)66)34(33-20-28(2)38(51)23-39(33)55-45)24-52-42(60)14-10-8-12-18-69-27-53-46(63)30(4)21-41(59)31(5)54-47(64)29(3)19-32(58)13-9-7-11-17-56-43(61)15-16-44(56)62/h15-16,20,22-23,29-31,67H,6-14,17-19,21,24-27H2,1-5H3,(H,52,60)(H,53,63)(H,54,64)/t29-,30-,31-,50+/m1/s1. The van der Waals surface area contributed by atoms with Gasteiger partial charge >= 0.3 is 5.97 Å². The van der Waals surface area contributed by atoms with Gasteiger partial charge in [-0.2, -0.15) is 0 Å². The van der Waals surface area contributed by atoms with E-state index in [-0.39, 0.29) is 98.1 Å². The molecule has 19 heteroatoms. The summed E-state index contributed by atoms with van der Waals surface area (Å²) in [6.45, 7) is 8.31. The number of carbonyl (C=O) groups excluding carboxylic acids is 8. The van der Waals surface area contributed by atoms with Gasteiger partial charge in [-0.15, -0.1) is 11.8 Å². The van der Waals surface area contributed by atoms with Gasteiger partial charge in [0, 0.05) is 85.3 Å². The summed E-state index contributed by atoms with van der Waals surface area (Å²) in [4.78, 5) is 120. The monoisotopic (exact) mass is 972 g/mol. The van der Waals surface area contributed by atoms with E-state index in [1.165, 1.54) is 34.5 Å². The van der Waals surface area contributed by atoms with E-state index in [9.17, 15) is 52.6 Å². The second-order valence-electron chi connectivity index (χ2n) is 18.2. The Labute approximate surface area is 403 Å². The number of thioether (sulfide) groups is 1. The van der Waals surface area contributed by atoms with E-state index in [0.29, 0.717) is 77.1 Å². The van der Waals surface area contributed by atoms with Crippen molar-refractivity contribution < 1.29 is 52.6 Å². The predicted octanol–water partition coefficient (Wildman–Crippen LogP) is 4.69. The Kier molecular flexibility index (Phi) is 17.4. The maximum Gasteiger partial charge on any atom is 0.343 e. The lowest BCUT2D eigenvalue weighted by molar-refractivity contribution is -0.172. The average molecular weight is 973 g/mol. The van der Waals surface area contributed by atoms with Crippen molar-refractivity contribution in [1.82, 2.24) is 30.4 Å². The smallest absolute Gasteiger partial charge is 0.343 e. The maximum atomic E-state index is 14.9. The molecule has 1 aromatic carbocycles. The topological polar surface area (TPSA) is 240 Å². The average Bonchev–Trinajstić information content (AvgIpc) is 3.84. The van der Waals surface area contributed by atoms with Crippen LogP contribution in [0, 0.1) is 24.6 Å². The molecule has 69 heavy (non-hydrogen) atoms.